The molecule has 1 N–H and O–H groups in total. The van der Waals surface area contributed by atoms with Gasteiger partial charge in [0.15, 0.2) is 0 Å². The fourth-order valence-corrected chi connectivity index (χ4v) is 3.66. The lowest BCUT2D eigenvalue weighted by Crippen LogP contribution is -2.07. The summed E-state index contributed by atoms with van der Waals surface area (Å²) in [6, 6.07) is 14.4. The van der Waals surface area contributed by atoms with E-state index in [1.54, 1.807) is 13.4 Å². The molecule has 5 nitrogen and oxygen atoms in total. The number of pyridine rings is 1. The van der Waals surface area contributed by atoms with Crippen molar-refractivity contribution in [2.24, 2.45) is 0 Å². The van der Waals surface area contributed by atoms with Crippen LogP contribution in [0.3, 0.4) is 0 Å². The third kappa shape index (κ3) is 4.28. The van der Waals surface area contributed by atoms with Crippen LogP contribution in [0.2, 0.25) is 0 Å². The molecule has 0 bridgehead atoms. The van der Waals surface area contributed by atoms with Crippen molar-refractivity contribution in [2.45, 2.75) is 25.8 Å². The number of methoxy groups -OCH3 is 1. The molecule has 0 aliphatic carbocycles. The lowest BCUT2D eigenvalue weighted by Gasteiger charge is -2.19. The number of benzene rings is 1. The summed E-state index contributed by atoms with van der Waals surface area (Å²) in [7, 11) is 3.61. The summed E-state index contributed by atoms with van der Waals surface area (Å²) in [5.74, 6) is 1.13. The van der Waals surface area contributed by atoms with Crippen molar-refractivity contribution in [1.29, 1.82) is 0 Å². The van der Waals surface area contributed by atoms with Crippen molar-refractivity contribution in [3.63, 3.8) is 0 Å². The minimum atomic E-state index is 0.110. The van der Waals surface area contributed by atoms with Gasteiger partial charge in [-0.3, -0.25) is 4.98 Å². The molecule has 1 aromatic carbocycles. The van der Waals surface area contributed by atoms with Gasteiger partial charge in [-0.2, -0.15) is 5.10 Å². The average Bonchev–Trinajstić information content (AvgIpc) is 3.11. The second-order valence-electron chi connectivity index (χ2n) is 6.34. The highest BCUT2D eigenvalue weighted by molar-refractivity contribution is 9.10. The maximum absolute atomic E-state index is 5.14. The molecule has 3 aromatic rings. The number of rotatable bonds is 8. The fraction of sp³-hybridized carbons (Fsp3) is 0.273. The summed E-state index contributed by atoms with van der Waals surface area (Å²) in [6.07, 6.45) is 6.38. The average molecular weight is 441 g/mol. The molecule has 0 saturated carbocycles. The minimum Gasteiger partial charge on any atom is -0.505 e. The van der Waals surface area contributed by atoms with Gasteiger partial charge in [0.2, 0.25) is 0 Å². The van der Waals surface area contributed by atoms with E-state index in [1.807, 2.05) is 36.1 Å². The summed E-state index contributed by atoms with van der Waals surface area (Å²) in [6.45, 7) is 2.87. The van der Waals surface area contributed by atoms with E-state index in [9.17, 15) is 0 Å². The molecule has 1 atom stereocenters. The summed E-state index contributed by atoms with van der Waals surface area (Å²) in [5.41, 5.74) is 4.14. The molecule has 2 heterocycles. The van der Waals surface area contributed by atoms with E-state index < -0.39 is 0 Å². The Labute approximate surface area is 174 Å². The molecular weight excluding hydrogens is 416 g/mol. The number of aromatic nitrogens is 3. The predicted molar refractivity (Wildman–Crippen MR) is 117 cm³/mol. The smallest absolute Gasteiger partial charge is 0.128 e. The van der Waals surface area contributed by atoms with E-state index >= 15 is 0 Å². The first-order valence-corrected chi connectivity index (χ1v) is 10.1. The second-order valence-corrected chi connectivity index (χ2v) is 7.25. The van der Waals surface area contributed by atoms with Crippen LogP contribution in [0.5, 0.6) is 0 Å². The van der Waals surface area contributed by atoms with Gasteiger partial charge in [-0.1, -0.05) is 34.1 Å². The highest BCUT2D eigenvalue weighted by Gasteiger charge is 2.26. The van der Waals surface area contributed by atoms with Crippen molar-refractivity contribution < 1.29 is 4.74 Å². The number of hydrogen-bond acceptors (Lipinski definition) is 4. The van der Waals surface area contributed by atoms with Gasteiger partial charge in [-0.05, 0) is 49.2 Å². The Morgan fingerprint density at radius 3 is 2.61 bits per heavy atom. The zero-order valence-electron chi connectivity index (χ0n) is 16.4. The number of halogens is 1. The molecular formula is C22H25BrN4O. The van der Waals surface area contributed by atoms with E-state index in [0.29, 0.717) is 0 Å². The number of nitrogens with one attached hydrogen (secondary N) is 1. The zero-order valence-corrected chi connectivity index (χ0v) is 18.0. The molecule has 0 aliphatic heterocycles. The largest absolute Gasteiger partial charge is 0.505 e. The quantitative estimate of drug-likeness (QED) is 0.473. The normalized spacial score (nSPS) is 12.3. The first-order valence-electron chi connectivity index (χ1n) is 9.32. The van der Waals surface area contributed by atoms with Gasteiger partial charge < -0.3 is 10.1 Å². The van der Waals surface area contributed by atoms with Crippen LogP contribution in [0.4, 0.5) is 5.82 Å². The maximum atomic E-state index is 5.14. The van der Waals surface area contributed by atoms with Crippen molar-refractivity contribution in [1.82, 2.24) is 14.8 Å². The van der Waals surface area contributed by atoms with Crippen LogP contribution in [-0.4, -0.2) is 28.9 Å². The summed E-state index contributed by atoms with van der Waals surface area (Å²) in [5, 5.41) is 8.25. The SMILES string of the molecule is CCn1nc(-c2ccccn2)c(C(C/C=C/OC)c2ccc(Br)cc2)c1NC. The highest BCUT2D eigenvalue weighted by atomic mass is 79.9. The summed E-state index contributed by atoms with van der Waals surface area (Å²) >= 11 is 3.54. The van der Waals surface area contributed by atoms with Gasteiger partial charge in [0.25, 0.3) is 0 Å². The molecule has 146 valence electrons. The van der Waals surface area contributed by atoms with Gasteiger partial charge in [0, 0.05) is 35.7 Å². The molecule has 0 saturated heterocycles. The maximum Gasteiger partial charge on any atom is 0.128 e. The Kier molecular flexibility index (Phi) is 6.87. The van der Waals surface area contributed by atoms with Crippen LogP contribution in [0.15, 0.2) is 65.5 Å². The first-order chi connectivity index (χ1) is 13.7. The van der Waals surface area contributed by atoms with Crippen molar-refractivity contribution in [2.75, 3.05) is 19.5 Å². The minimum absolute atomic E-state index is 0.110. The Balaban J connectivity index is 2.21. The molecule has 0 amide bonds. The standard InChI is InChI=1S/C22H25BrN4O/c1-4-27-22(24-2)20(21(26-27)19-9-5-6-14-25-19)18(8-7-15-28-3)16-10-12-17(23)13-11-16/h5-7,9-15,18,24H,4,8H2,1-3H3/b15-7+. The third-order valence-corrected chi connectivity index (χ3v) is 5.19. The van der Waals surface area contributed by atoms with Gasteiger partial charge in [-0.25, -0.2) is 4.68 Å². The topological polar surface area (TPSA) is 52.0 Å². The van der Waals surface area contributed by atoms with E-state index in [0.717, 1.165) is 40.2 Å². The molecule has 2 aromatic heterocycles. The predicted octanol–water partition coefficient (Wildman–Crippen LogP) is 5.45. The molecule has 0 radical (unpaired) electrons. The van der Waals surface area contributed by atoms with Gasteiger partial charge >= 0.3 is 0 Å². The fourth-order valence-electron chi connectivity index (χ4n) is 3.39. The van der Waals surface area contributed by atoms with E-state index in [-0.39, 0.29) is 5.92 Å². The third-order valence-electron chi connectivity index (χ3n) is 4.66. The monoisotopic (exact) mass is 440 g/mol. The molecule has 0 fully saturated rings. The van der Waals surface area contributed by atoms with Gasteiger partial charge in [-0.15, -0.1) is 0 Å². The summed E-state index contributed by atoms with van der Waals surface area (Å²) in [4.78, 5) is 4.57. The molecule has 3 rings (SSSR count). The van der Waals surface area contributed by atoms with Crippen LogP contribution < -0.4 is 5.32 Å². The lowest BCUT2D eigenvalue weighted by atomic mass is 9.87. The van der Waals surface area contributed by atoms with Crippen molar-refractivity contribution in [3.05, 3.63) is 76.6 Å². The number of allylic oxidation sites excluding steroid dienone is 1. The Hall–Kier alpha value is -2.60. The molecule has 0 aliphatic rings. The van der Waals surface area contributed by atoms with Crippen LogP contribution >= 0.6 is 15.9 Å². The van der Waals surface area contributed by atoms with E-state index in [4.69, 9.17) is 9.84 Å². The molecule has 0 spiro atoms. The Morgan fingerprint density at radius 2 is 2.00 bits per heavy atom. The zero-order chi connectivity index (χ0) is 19.9. The lowest BCUT2D eigenvalue weighted by molar-refractivity contribution is 0.336. The van der Waals surface area contributed by atoms with Crippen molar-refractivity contribution in [3.8, 4) is 11.4 Å². The van der Waals surface area contributed by atoms with E-state index in [2.05, 4.69) is 63.5 Å². The Bertz CT molecular complexity index is 920. The highest BCUT2D eigenvalue weighted by Crippen LogP contribution is 2.40. The van der Waals surface area contributed by atoms with Crippen LogP contribution in [0.25, 0.3) is 11.4 Å². The van der Waals surface area contributed by atoms with Gasteiger partial charge in [0.05, 0.1) is 19.1 Å². The Morgan fingerprint density at radius 1 is 1.21 bits per heavy atom. The number of anilines is 1. The first kappa shape index (κ1) is 20.1. The molecule has 6 heteroatoms. The summed E-state index contributed by atoms with van der Waals surface area (Å²) < 4.78 is 8.21. The van der Waals surface area contributed by atoms with E-state index in [1.165, 1.54) is 5.56 Å². The second kappa shape index (κ2) is 9.55. The van der Waals surface area contributed by atoms with Crippen LogP contribution in [0, 0.1) is 0 Å². The number of ether oxygens (including phenoxy) is 1. The molecule has 28 heavy (non-hydrogen) atoms. The van der Waals surface area contributed by atoms with Gasteiger partial charge in [0.1, 0.15) is 11.5 Å². The van der Waals surface area contributed by atoms with Crippen LogP contribution in [-0.2, 0) is 11.3 Å². The number of hydrogen-bond donors (Lipinski definition) is 1. The van der Waals surface area contributed by atoms with Crippen molar-refractivity contribution >= 4 is 21.7 Å². The van der Waals surface area contributed by atoms with Crippen LogP contribution in [0.1, 0.15) is 30.4 Å². The number of nitrogens with zero attached hydrogens (tertiary/aromatic N) is 3. The molecule has 1 unspecified atom stereocenters. The number of aryl methyl sites for hydroxylation is 1.